The van der Waals surface area contributed by atoms with Gasteiger partial charge in [0.2, 0.25) is 5.91 Å². The van der Waals surface area contributed by atoms with Gasteiger partial charge in [-0.25, -0.2) is 0 Å². The number of hydrogen-bond acceptors (Lipinski definition) is 3. The zero-order valence-corrected chi connectivity index (χ0v) is 10.0. The van der Waals surface area contributed by atoms with Crippen molar-refractivity contribution in [3.8, 4) is 0 Å². The average molecular weight is 239 g/mol. The molecule has 1 aromatic heterocycles. The maximum atomic E-state index is 11.9. The van der Waals surface area contributed by atoms with Crippen molar-refractivity contribution in [2.75, 3.05) is 13.1 Å². The number of carboxylic acid groups (broad SMARTS) is 1. The first-order valence-corrected chi connectivity index (χ1v) is 5.46. The van der Waals surface area contributed by atoms with Crippen LogP contribution in [0.5, 0.6) is 0 Å². The third-order valence-corrected chi connectivity index (χ3v) is 2.12. The Morgan fingerprint density at radius 2 is 2.18 bits per heavy atom. The number of carbonyl (C=O) groups is 2. The lowest BCUT2D eigenvalue weighted by molar-refractivity contribution is -0.145. The number of nitrogens with zero attached hydrogens (tertiary/aromatic N) is 3. The number of aromatic nitrogens is 2. The van der Waals surface area contributed by atoms with Gasteiger partial charge in [-0.3, -0.25) is 14.3 Å². The molecule has 94 valence electrons. The van der Waals surface area contributed by atoms with Crippen LogP contribution in [-0.4, -0.2) is 44.8 Å². The van der Waals surface area contributed by atoms with E-state index in [4.69, 9.17) is 5.11 Å². The second-order valence-electron chi connectivity index (χ2n) is 4.27. The molecule has 1 heterocycles. The summed E-state index contributed by atoms with van der Waals surface area (Å²) in [5.41, 5.74) is 0. The largest absolute Gasteiger partial charge is 0.480 e. The van der Waals surface area contributed by atoms with E-state index in [1.165, 1.54) is 9.58 Å². The Labute approximate surface area is 99.8 Å². The standard InChI is InChI=1S/C11H17N3O3/c1-9(2)6-13(8-11(16)17)10(15)7-14-5-3-4-12-14/h3-5,9H,6-8H2,1-2H3,(H,16,17). The minimum absolute atomic E-state index is 0.0764. The molecular weight excluding hydrogens is 222 g/mol. The molecule has 0 radical (unpaired) electrons. The minimum Gasteiger partial charge on any atom is -0.480 e. The van der Waals surface area contributed by atoms with Crippen LogP contribution in [0.15, 0.2) is 18.5 Å². The normalized spacial score (nSPS) is 10.5. The zero-order valence-electron chi connectivity index (χ0n) is 10.0. The van der Waals surface area contributed by atoms with Gasteiger partial charge in [0, 0.05) is 18.9 Å². The summed E-state index contributed by atoms with van der Waals surface area (Å²) in [4.78, 5) is 23.9. The molecule has 0 aromatic carbocycles. The fraction of sp³-hybridized carbons (Fsp3) is 0.545. The van der Waals surface area contributed by atoms with Gasteiger partial charge in [-0.2, -0.15) is 5.10 Å². The molecule has 17 heavy (non-hydrogen) atoms. The van der Waals surface area contributed by atoms with E-state index < -0.39 is 5.97 Å². The predicted octanol–water partition coefficient (Wildman–Crippen LogP) is 0.452. The molecule has 0 saturated carbocycles. The van der Waals surface area contributed by atoms with Crippen molar-refractivity contribution in [2.24, 2.45) is 5.92 Å². The van der Waals surface area contributed by atoms with Crippen LogP contribution < -0.4 is 0 Å². The highest BCUT2D eigenvalue weighted by Crippen LogP contribution is 2.01. The monoisotopic (exact) mass is 239 g/mol. The van der Waals surface area contributed by atoms with E-state index in [1.807, 2.05) is 13.8 Å². The van der Waals surface area contributed by atoms with E-state index in [0.717, 1.165) is 0 Å². The Balaban J connectivity index is 2.61. The van der Waals surface area contributed by atoms with Crippen molar-refractivity contribution >= 4 is 11.9 Å². The molecule has 6 nitrogen and oxygen atoms in total. The highest BCUT2D eigenvalue weighted by atomic mass is 16.4. The van der Waals surface area contributed by atoms with Crippen LogP contribution in [0.25, 0.3) is 0 Å². The van der Waals surface area contributed by atoms with Crippen molar-refractivity contribution in [1.82, 2.24) is 14.7 Å². The Kier molecular flexibility index (Phi) is 4.68. The summed E-state index contributed by atoms with van der Waals surface area (Å²) in [5, 5.41) is 12.7. The van der Waals surface area contributed by atoms with E-state index in [1.54, 1.807) is 18.5 Å². The maximum Gasteiger partial charge on any atom is 0.323 e. The van der Waals surface area contributed by atoms with Crippen LogP contribution >= 0.6 is 0 Å². The molecule has 0 atom stereocenters. The zero-order chi connectivity index (χ0) is 12.8. The lowest BCUT2D eigenvalue weighted by atomic mass is 10.2. The van der Waals surface area contributed by atoms with Gasteiger partial charge >= 0.3 is 5.97 Å². The molecule has 0 bridgehead atoms. The summed E-state index contributed by atoms with van der Waals surface area (Å²) < 4.78 is 1.48. The number of aliphatic carboxylic acids is 1. The van der Waals surface area contributed by atoms with Gasteiger partial charge in [0.25, 0.3) is 0 Å². The summed E-state index contributed by atoms with van der Waals surface area (Å²) in [6, 6.07) is 1.72. The van der Waals surface area contributed by atoms with Crippen LogP contribution in [-0.2, 0) is 16.1 Å². The van der Waals surface area contributed by atoms with Gasteiger partial charge < -0.3 is 10.0 Å². The quantitative estimate of drug-likeness (QED) is 0.782. The molecule has 1 rings (SSSR count). The van der Waals surface area contributed by atoms with Gasteiger partial charge in [-0.05, 0) is 12.0 Å². The fourth-order valence-corrected chi connectivity index (χ4v) is 1.49. The second kappa shape index (κ2) is 6.03. The van der Waals surface area contributed by atoms with Crippen LogP contribution in [0.4, 0.5) is 0 Å². The molecule has 0 aliphatic heterocycles. The Morgan fingerprint density at radius 3 is 2.65 bits per heavy atom. The van der Waals surface area contributed by atoms with E-state index in [0.29, 0.717) is 6.54 Å². The molecule has 0 unspecified atom stereocenters. The van der Waals surface area contributed by atoms with Gasteiger partial charge in [-0.1, -0.05) is 13.8 Å². The number of carboxylic acids is 1. The van der Waals surface area contributed by atoms with Gasteiger partial charge in [-0.15, -0.1) is 0 Å². The van der Waals surface area contributed by atoms with E-state index >= 15 is 0 Å². The SMILES string of the molecule is CC(C)CN(CC(=O)O)C(=O)Cn1cccn1. The lowest BCUT2D eigenvalue weighted by Crippen LogP contribution is -2.40. The van der Waals surface area contributed by atoms with Crippen molar-refractivity contribution in [1.29, 1.82) is 0 Å². The molecule has 0 saturated heterocycles. The second-order valence-corrected chi connectivity index (χ2v) is 4.27. The topological polar surface area (TPSA) is 75.4 Å². The highest BCUT2D eigenvalue weighted by molar-refractivity contribution is 5.81. The van der Waals surface area contributed by atoms with Gasteiger partial charge in [0.05, 0.1) is 0 Å². The van der Waals surface area contributed by atoms with E-state index in [2.05, 4.69) is 5.10 Å². The third kappa shape index (κ3) is 4.67. The number of carbonyl (C=O) groups excluding carboxylic acids is 1. The number of rotatable bonds is 6. The van der Waals surface area contributed by atoms with Crippen LogP contribution in [0.1, 0.15) is 13.8 Å². The molecule has 1 N–H and O–H groups in total. The number of hydrogen-bond donors (Lipinski definition) is 1. The average Bonchev–Trinajstić information content (AvgIpc) is 2.67. The maximum absolute atomic E-state index is 11.9. The summed E-state index contributed by atoms with van der Waals surface area (Å²) in [5.74, 6) is -1.000. The summed E-state index contributed by atoms with van der Waals surface area (Å²) >= 11 is 0. The van der Waals surface area contributed by atoms with Crippen LogP contribution in [0.2, 0.25) is 0 Å². The minimum atomic E-state index is -1.00. The molecule has 0 spiro atoms. The number of amides is 1. The summed E-state index contributed by atoms with van der Waals surface area (Å²) in [7, 11) is 0. The Morgan fingerprint density at radius 1 is 1.47 bits per heavy atom. The summed E-state index contributed by atoms with van der Waals surface area (Å²) in [6.45, 7) is 4.13. The smallest absolute Gasteiger partial charge is 0.323 e. The molecule has 0 aliphatic rings. The van der Waals surface area contributed by atoms with Crippen molar-refractivity contribution in [3.05, 3.63) is 18.5 Å². The van der Waals surface area contributed by atoms with Gasteiger partial charge in [0.1, 0.15) is 13.1 Å². The molecule has 6 heteroatoms. The summed E-state index contributed by atoms with van der Waals surface area (Å²) in [6.07, 6.45) is 3.25. The van der Waals surface area contributed by atoms with Gasteiger partial charge in [0.15, 0.2) is 0 Å². The van der Waals surface area contributed by atoms with Crippen LogP contribution in [0, 0.1) is 5.92 Å². The first-order valence-electron chi connectivity index (χ1n) is 5.46. The highest BCUT2D eigenvalue weighted by Gasteiger charge is 2.18. The van der Waals surface area contributed by atoms with Crippen molar-refractivity contribution in [2.45, 2.75) is 20.4 Å². The van der Waals surface area contributed by atoms with Crippen LogP contribution in [0.3, 0.4) is 0 Å². The molecule has 1 aromatic rings. The first kappa shape index (κ1) is 13.2. The lowest BCUT2D eigenvalue weighted by Gasteiger charge is -2.22. The third-order valence-electron chi connectivity index (χ3n) is 2.12. The first-order chi connectivity index (χ1) is 7.99. The van der Waals surface area contributed by atoms with Crippen molar-refractivity contribution in [3.63, 3.8) is 0 Å². The molecule has 0 aliphatic carbocycles. The molecular formula is C11H17N3O3. The van der Waals surface area contributed by atoms with E-state index in [-0.39, 0.29) is 24.9 Å². The molecule has 1 amide bonds. The van der Waals surface area contributed by atoms with E-state index in [9.17, 15) is 9.59 Å². The Hall–Kier alpha value is -1.85. The van der Waals surface area contributed by atoms with Crippen molar-refractivity contribution < 1.29 is 14.7 Å². The predicted molar refractivity (Wildman–Crippen MR) is 61.3 cm³/mol. The Bertz CT molecular complexity index is 373. The molecule has 0 fully saturated rings. The fourth-order valence-electron chi connectivity index (χ4n) is 1.49.